The molecule has 1 fully saturated rings. The van der Waals surface area contributed by atoms with Crippen LogP contribution in [0.25, 0.3) is 11.0 Å². The lowest BCUT2D eigenvalue weighted by atomic mass is 10.3. The van der Waals surface area contributed by atoms with Crippen LogP contribution >= 0.6 is 0 Å². The first-order chi connectivity index (χ1) is 13.3. The molecule has 1 aliphatic rings. The standard InChI is InChI=1S/C21H23N3O3/c1-26-18-10-4-5-11-19(18)27-15-20-22-16-8-2-3-9-17(16)24(20)14-21(25)23-12-6-7-13-23/h2-5,8-11H,6-7,12-15H2,1H3. The van der Waals surface area contributed by atoms with E-state index in [9.17, 15) is 4.79 Å². The summed E-state index contributed by atoms with van der Waals surface area (Å²) in [5, 5.41) is 0. The molecule has 6 heteroatoms. The van der Waals surface area contributed by atoms with Crippen LogP contribution in [-0.4, -0.2) is 40.6 Å². The third-order valence-electron chi connectivity index (χ3n) is 4.91. The molecule has 140 valence electrons. The van der Waals surface area contributed by atoms with Crippen LogP contribution in [0.3, 0.4) is 0 Å². The second-order valence-electron chi connectivity index (χ2n) is 6.63. The maximum atomic E-state index is 12.7. The maximum absolute atomic E-state index is 12.7. The molecule has 1 amide bonds. The Morgan fingerprint density at radius 2 is 1.74 bits per heavy atom. The van der Waals surface area contributed by atoms with Crippen LogP contribution in [0.2, 0.25) is 0 Å². The first-order valence-corrected chi connectivity index (χ1v) is 9.24. The zero-order chi connectivity index (χ0) is 18.6. The topological polar surface area (TPSA) is 56.6 Å². The fourth-order valence-corrected chi connectivity index (χ4v) is 3.49. The minimum atomic E-state index is 0.134. The van der Waals surface area contributed by atoms with Gasteiger partial charge in [-0.25, -0.2) is 4.98 Å². The van der Waals surface area contributed by atoms with Crippen LogP contribution in [0.15, 0.2) is 48.5 Å². The van der Waals surface area contributed by atoms with Gasteiger partial charge >= 0.3 is 0 Å². The molecule has 2 aromatic carbocycles. The summed E-state index contributed by atoms with van der Waals surface area (Å²) < 4.78 is 13.3. The van der Waals surface area contributed by atoms with E-state index in [1.807, 2.05) is 58.0 Å². The Bertz CT molecular complexity index is 945. The van der Waals surface area contributed by atoms with Crippen molar-refractivity contribution < 1.29 is 14.3 Å². The van der Waals surface area contributed by atoms with Crippen molar-refractivity contribution in [3.63, 3.8) is 0 Å². The summed E-state index contributed by atoms with van der Waals surface area (Å²) in [6.07, 6.45) is 2.17. The van der Waals surface area contributed by atoms with Gasteiger partial charge in [-0.3, -0.25) is 4.79 Å². The molecule has 0 unspecified atom stereocenters. The molecule has 1 saturated heterocycles. The minimum absolute atomic E-state index is 0.134. The van der Waals surface area contributed by atoms with Crippen molar-refractivity contribution in [2.45, 2.75) is 26.0 Å². The molecule has 0 bridgehead atoms. The molecular weight excluding hydrogens is 342 g/mol. The molecule has 1 aliphatic heterocycles. The van der Waals surface area contributed by atoms with Crippen molar-refractivity contribution in [2.24, 2.45) is 0 Å². The van der Waals surface area contributed by atoms with Crippen LogP contribution < -0.4 is 9.47 Å². The Kier molecular flexibility index (Phi) is 4.96. The zero-order valence-corrected chi connectivity index (χ0v) is 15.4. The van der Waals surface area contributed by atoms with Crippen molar-refractivity contribution in [1.29, 1.82) is 0 Å². The average Bonchev–Trinajstić information content (AvgIpc) is 3.35. The molecule has 2 heterocycles. The number of ether oxygens (including phenoxy) is 2. The molecule has 0 radical (unpaired) electrons. The number of imidazole rings is 1. The number of nitrogens with zero attached hydrogens (tertiary/aromatic N) is 3. The van der Waals surface area contributed by atoms with E-state index in [0.717, 1.165) is 42.8 Å². The van der Waals surface area contributed by atoms with E-state index in [1.165, 1.54) is 0 Å². The molecular formula is C21H23N3O3. The number of methoxy groups -OCH3 is 1. The highest BCUT2D eigenvalue weighted by atomic mass is 16.5. The highest BCUT2D eigenvalue weighted by molar-refractivity contribution is 5.81. The summed E-state index contributed by atoms with van der Waals surface area (Å²) >= 11 is 0. The summed E-state index contributed by atoms with van der Waals surface area (Å²) in [5.74, 6) is 2.20. The van der Waals surface area contributed by atoms with Gasteiger partial charge in [-0.2, -0.15) is 0 Å². The summed E-state index contributed by atoms with van der Waals surface area (Å²) in [7, 11) is 1.62. The second kappa shape index (κ2) is 7.70. The van der Waals surface area contributed by atoms with Gasteiger partial charge < -0.3 is 18.9 Å². The number of amides is 1. The third kappa shape index (κ3) is 3.60. The summed E-state index contributed by atoms with van der Waals surface area (Å²) in [6, 6.07) is 15.4. The van der Waals surface area contributed by atoms with Crippen LogP contribution in [-0.2, 0) is 17.9 Å². The van der Waals surface area contributed by atoms with Gasteiger partial charge in [0, 0.05) is 13.1 Å². The van der Waals surface area contributed by atoms with Gasteiger partial charge in [-0.05, 0) is 37.1 Å². The number of hydrogen-bond donors (Lipinski definition) is 0. The quantitative estimate of drug-likeness (QED) is 0.673. The Balaban J connectivity index is 1.60. The molecule has 1 aromatic heterocycles. The fraction of sp³-hybridized carbons (Fsp3) is 0.333. The zero-order valence-electron chi connectivity index (χ0n) is 15.4. The van der Waals surface area contributed by atoms with E-state index in [4.69, 9.17) is 9.47 Å². The van der Waals surface area contributed by atoms with Crippen molar-refractivity contribution in [1.82, 2.24) is 14.5 Å². The van der Waals surface area contributed by atoms with E-state index in [1.54, 1.807) is 7.11 Å². The van der Waals surface area contributed by atoms with E-state index < -0.39 is 0 Å². The number of aromatic nitrogens is 2. The van der Waals surface area contributed by atoms with E-state index >= 15 is 0 Å². The Labute approximate surface area is 158 Å². The highest BCUT2D eigenvalue weighted by Crippen LogP contribution is 2.27. The molecule has 6 nitrogen and oxygen atoms in total. The largest absolute Gasteiger partial charge is 0.493 e. The van der Waals surface area contributed by atoms with Gasteiger partial charge in [0.25, 0.3) is 0 Å². The highest BCUT2D eigenvalue weighted by Gasteiger charge is 2.21. The predicted molar refractivity (Wildman–Crippen MR) is 103 cm³/mol. The normalized spacial score (nSPS) is 13.9. The third-order valence-corrected chi connectivity index (χ3v) is 4.91. The van der Waals surface area contributed by atoms with Crippen LogP contribution in [0.4, 0.5) is 0 Å². The predicted octanol–water partition coefficient (Wildman–Crippen LogP) is 3.25. The number of benzene rings is 2. The number of likely N-dealkylation sites (tertiary alicyclic amines) is 1. The SMILES string of the molecule is COc1ccccc1OCc1nc2ccccc2n1CC(=O)N1CCCC1. The lowest BCUT2D eigenvalue weighted by Gasteiger charge is -2.17. The molecule has 4 rings (SSSR count). The Hall–Kier alpha value is -3.02. The van der Waals surface area contributed by atoms with Crippen molar-refractivity contribution in [2.75, 3.05) is 20.2 Å². The Morgan fingerprint density at radius 1 is 1.04 bits per heavy atom. The summed E-state index contributed by atoms with van der Waals surface area (Å²) in [6.45, 7) is 2.24. The van der Waals surface area contributed by atoms with Crippen molar-refractivity contribution in [3.8, 4) is 11.5 Å². The minimum Gasteiger partial charge on any atom is -0.493 e. The number of fused-ring (bicyclic) bond motifs is 1. The van der Waals surface area contributed by atoms with Gasteiger partial charge in [0.15, 0.2) is 11.5 Å². The number of carbonyl (C=O) groups is 1. The number of rotatable bonds is 6. The monoisotopic (exact) mass is 365 g/mol. The van der Waals surface area contributed by atoms with Gasteiger partial charge in [-0.15, -0.1) is 0 Å². The maximum Gasteiger partial charge on any atom is 0.242 e. The smallest absolute Gasteiger partial charge is 0.242 e. The lowest BCUT2D eigenvalue weighted by molar-refractivity contribution is -0.130. The number of para-hydroxylation sites is 4. The van der Waals surface area contributed by atoms with Gasteiger partial charge in [0.1, 0.15) is 19.0 Å². The molecule has 27 heavy (non-hydrogen) atoms. The first-order valence-electron chi connectivity index (χ1n) is 9.24. The van der Waals surface area contributed by atoms with Crippen molar-refractivity contribution >= 4 is 16.9 Å². The van der Waals surface area contributed by atoms with E-state index in [0.29, 0.717) is 11.5 Å². The first kappa shape index (κ1) is 17.4. The second-order valence-corrected chi connectivity index (χ2v) is 6.63. The molecule has 0 saturated carbocycles. The number of carbonyl (C=O) groups excluding carboxylic acids is 1. The molecule has 0 spiro atoms. The average molecular weight is 365 g/mol. The van der Waals surface area contributed by atoms with Crippen molar-refractivity contribution in [3.05, 3.63) is 54.4 Å². The van der Waals surface area contributed by atoms with E-state index in [-0.39, 0.29) is 19.1 Å². The van der Waals surface area contributed by atoms with Crippen LogP contribution in [0.1, 0.15) is 18.7 Å². The lowest BCUT2D eigenvalue weighted by Crippen LogP contribution is -2.31. The molecule has 0 aliphatic carbocycles. The summed E-state index contributed by atoms with van der Waals surface area (Å²) in [4.78, 5) is 19.3. The fourth-order valence-electron chi connectivity index (χ4n) is 3.49. The van der Waals surface area contributed by atoms with Gasteiger partial charge in [-0.1, -0.05) is 24.3 Å². The van der Waals surface area contributed by atoms with Gasteiger partial charge in [0.05, 0.1) is 18.1 Å². The Morgan fingerprint density at radius 3 is 2.52 bits per heavy atom. The van der Waals surface area contributed by atoms with Crippen LogP contribution in [0, 0.1) is 0 Å². The number of hydrogen-bond acceptors (Lipinski definition) is 4. The van der Waals surface area contributed by atoms with Gasteiger partial charge in [0.2, 0.25) is 5.91 Å². The molecule has 3 aromatic rings. The molecule has 0 N–H and O–H groups in total. The summed E-state index contributed by atoms with van der Waals surface area (Å²) in [5.41, 5.74) is 1.81. The van der Waals surface area contributed by atoms with E-state index in [2.05, 4.69) is 4.98 Å². The molecule has 0 atom stereocenters. The van der Waals surface area contributed by atoms with Crippen LogP contribution in [0.5, 0.6) is 11.5 Å².